The number of nitrogens with one attached hydrogen (secondary N) is 1. The summed E-state index contributed by atoms with van der Waals surface area (Å²) in [6.07, 6.45) is 5.19. The van der Waals surface area contributed by atoms with E-state index in [-0.39, 0.29) is 5.92 Å². The second kappa shape index (κ2) is 6.92. The molecule has 0 saturated heterocycles. The van der Waals surface area contributed by atoms with Crippen LogP contribution in [0.25, 0.3) is 0 Å². The Bertz CT molecular complexity index is 500. The van der Waals surface area contributed by atoms with Crippen LogP contribution in [0.15, 0.2) is 12.1 Å². The molecule has 0 radical (unpaired) electrons. The molecular weight excluding hydrogens is 264 g/mol. The Labute approximate surface area is 127 Å². The van der Waals surface area contributed by atoms with Crippen LogP contribution in [0.1, 0.15) is 68.4 Å². The van der Waals surface area contributed by atoms with E-state index in [1.54, 1.807) is 12.1 Å². The number of rotatable bonds is 5. The lowest BCUT2D eigenvalue weighted by atomic mass is 9.80. The topological polar surface area (TPSA) is 62.2 Å². The SMILES string of the molecule is CC(C)c1cc(C(=O)O)cc(NCC2CCCCC2C)n1. The van der Waals surface area contributed by atoms with Gasteiger partial charge in [0.05, 0.1) is 5.56 Å². The third-order valence-corrected chi connectivity index (χ3v) is 4.52. The van der Waals surface area contributed by atoms with Crippen LogP contribution in [0, 0.1) is 11.8 Å². The van der Waals surface area contributed by atoms with Crippen molar-refractivity contribution in [3.63, 3.8) is 0 Å². The number of aromatic carboxylic acids is 1. The van der Waals surface area contributed by atoms with Gasteiger partial charge in [-0.25, -0.2) is 9.78 Å². The summed E-state index contributed by atoms with van der Waals surface area (Å²) in [5.41, 5.74) is 1.14. The summed E-state index contributed by atoms with van der Waals surface area (Å²) >= 11 is 0. The Hall–Kier alpha value is -1.58. The smallest absolute Gasteiger partial charge is 0.335 e. The molecule has 1 saturated carbocycles. The van der Waals surface area contributed by atoms with E-state index in [0.717, 1.165) is 18.2 Å². The summed E-state index contributed by atoms with van der Waals surface area (Å²) in [5, 5.41) is 12.6. The Kier molecular flexibility index (Phi) is 5.21. The van der Waals surface area contributed by atoms with Gasteiger partial charge < -0.3 is 10.4 Å². The van der Waals surface area contributed by atoms with Crippen LogP contribution < -0.4 is 5.32 Å². The molecule has 1 fully saturated rings. The zero-order valence-corrected chi connectivity index (χ0v) is 13.2. The van der Waals surface area contributed by atoms with Gasteiger partial charge in [-0.3, -0.25) is 0 Å². The molecule has 0 aliphatic heterocycles. The lowest BCUT2D eigenvalue weighted by molar-refractivity contribution is 0.0696. The van der Waals surface area contributed by atoms with E-state index in [2.05, 4.69) is 17.2 Å². The monoisotopic (exact) mass is 290 g/mol. The van der Waals surface area contributed by atoms with Gasteiger partial charge in [0.1, 0.15) is 5.82 Å². The average molecular weight is 290 g/mol. The number of aromatic nitrogens is 1. The minimum absolute atomic E-state index is 0.221. The molecule has 0 bridgehead atoms. The fourth-order valence-electron chi connectivity index (χ4n) is 2.99. The maximum Gasteiger partial charge on any atom is 0.335 e. The van der Waals surface area contributed by atoms with E-state index in [4.69, 9.17) is 0 Å². The van der Waals surface area contributed by atoms with Crippen molar-refractivity contribution in [2.75, 3.05) is 11.9 Å². The molecule has 4 nitrogen and oxygen atoms in total. The molecule has 0 aromatic carbocycles. The van der Waals surface area contributed by atoms with Crippen molar-refractivity contribution in [1.82, 2.24) is 4.98 Å². The van der Waals surface area contributed by atoms with E-state index in [0.29, 0.717) is 17.3 Å². The highest BCUT2D eigenvalue weighted by Crippen LogP contribution is 2.29. The summed E-state index contributed by atoms with van der Waals surface area (Å²) in [6.45, 7) is 7.25. The average Bonchev–Trinajstić information content (AvgIpc) is 2.46. The second-order valence-electron chi connectivity index (χ2n) is 6.53. The molecule has 2 unspecified atom stereocenters. The van der Waals surface area contributed by atoms with Gasteiger partial charge in [0, 0.05) is 12.2 Å². The number of hydrogen-bond donors (Lipinski definition) is 2. The van der Waals surface area contributed by atoms with Gasteiger partial charge in [0.25, 0.3) is 0 Å². The van der Waals surface area contributed by atoms with Crippen molar-refractivity contribution in [2.24, 2.45) is 11.8 Å². The van der Waals surface area contributed by atoms with Crippen LogP contribution in [0.3, 0.4) is 0 Å². The van der Waals surface area contributed by atoms with Crippen LogP contribution in [0.4, 0.5) is 5.82 Å². The number of carboxylic acid groups (broad SMARTS) is 1. The number of anilines is 1. The first-order valence-corrected chi connectivity index (χ1v) is 7.96. The third kappa shape index (κ3) is 4.19. The molecule has 1 aromatic rings. The largest absolute Gasteiger partial charge is 0.478 e. The van der Waals surface area contributed by atoms with Crippen molar-refractivity contribution >= 4 is 11.8 Å². The first-order chi connectivity index (χ1) is 9.97. The number of nitrogens with zero attached hydrogens (tertiary/aromatic N) is 1. The summed E-state index contributed by atoms with van der Waals surface area (Å²) in [4.78, 5) is 15.8. The molecule has 2 atom stereocenters. The number of carbonyl (C=O) groups is 1. The molecule has 1 aliphatic rings. The molecule has 1 aromatic heterocycles. The molecule has 4 heteroatoms. The van der Waals surface area contributed by atoms with E-state index in [1.165, 1.54) is 25.7 Å². The predicted octanol–water partition coefficient (Wildman–Crippen LogP) is 4.14. The van der Waals surface area contributed by atoms with Crippen LogP contribution in [0.5, 0.6) is 0 Å². The fourth-order valence-corrected chi connectivity index (χ4v) is 2.99. The zero-order valence-electron chi connectivity index (χ0n) is 13.2. The molecule has 2 N–H and O–H groups in total. The summed E-state index contributed by atoms with van der Waals surface area (Å²) in [7, 11) is 0. The van der Waals surface area contributed by atoms with Crippen LogP contribution in [0.2, 0.25) is 0 Å². The maximum atomic E-state index is 11.2. The number of carboxylic acids is 1. The molecule has 0 spiro atoms. The molecule has 1 heterocycles. The van der Waals surface area contributed by atoms with Gasteiger partial charge in [0.15, 0.2) is 0 Å². The van der Waals surface area contributed by atoms with E-state index >= 15 is 0 Å². The standard InChI is InChI=1S/C17H26N2O2/c1-11(2)15-8-14(17(20)21)9-16(19-15)18-10-13-7-5-4-6-12(13)3/h8-9,11-13H,4-7,10H2,1-3H3,(H,18,19)(H,20,21). The number of hydrogen-bond acceptors (Lipinski definition) is 3. The Morgan fingerprint density at radius 2 is 2.10 bits per heavy atom. The summed E-state index contributed by atoms with van der Waals surface area (Å²) in [5.74, 6) is 1.42. The van der Waals surface area contributed by atoms with Gasteiger partial charge >= 0.3 is 5.97 Å². The van der Waals surface area contributed by atoms with Gasteiger partial charge in [-0.2, -0.15) is 0 Å². The highest BCUT2D eigenvalue weighted by Gasteiger charge is 2.21. The minimum atomic E-state index is -0.895. The molecule has 21 heavy (non-hydrogen) atoms. The third-order valence-electron chi connectivity index (χ3n) is 4.52. The lowest BCUT2D eigenvalue weighted by Gasteiger charge is -2.29. The molecule has 116 valence electrons. The lowest BCUT2D eigenvalue weighted by Crippen LogP contribution is -2.24. The van der Waals surface area contributed by atoms with E-state index in [9.17, 15) is 9.90 Å². The van der Waals surface area contributed by atoms with Crippen LogP contribution in [-0.2, 0) is 0 Å². The van der Waals surface area contributed by atoms with Crippen molar-refractivity contribution in [1.29, 1.82) is 0 Å². The summed E-state index contributed by atoms with van der Waals surface area (Å²) < 4.78 is 0. The van der Waals surface area contributed by atoms with Gasteiger partial charge in [0.2, 0.25) is 0 Å². The van der Waals surface area contributed by atoms with Crippen molar-refractivity contribution < 1.29 is 9.90 Å². The van der Waals surface area contributed by atoms with Gasteiger partial charge in [-0.1, -0.05) is 40.0 Å². The Balaban J connectivity index is 2.09. The molecular formula is C17H26N2O2. The highest BCUT2D eigenvalue weighted by molar-refractivity contribution is 5.88. The van der Waals surface area contributed by atoms with Crippen LogP contribution in [-0.4, -0.2) is 22.6 Å². The zero-order chi connectivity index (χ0) is 15.4. The number of pyridine rings is 1. The normalized spacial score (nSPS) is 22.3. The fraction of sp³-hybridized carbons (Fsp3) is 0.647. The molecule has 2 rings (SSSR count). The highest BCUT2D eigenvalue weighted by atomic mass is 16.4. The first-order valence-electron chi connectivity index (χ1n) is 7.96. The minimum Gasteiger partial charge on any atom is -0.478 e. The van der Waals surface area contributed by atoms with Crippen molar-refractivity contribution in [2.45, 2.75) is 52.4 Å². The second-order valence-corrected chi connectivity index (χ2v) is 6.53. The Morgan fingerprint density at radius 3 is 2.71 bits per heavy atom. The van der Waals surface area contributed by atoms with E-state index in [1.807, 2.05) is 13.8 Å². The first kappa shape index (κ1) is 15.8. The van der Waals surface area contributed by atoms with Crippen molar-refractivity contribution in [3.05, 3.63) is 23.4 Å². The van der Waals surface area contributed by atoms with Crippen molar-refractivity contribution in [3.8, 4) is 0 Å². The Morgan fingerprint density at radius 1 is 1.38 bits per heavy atom. The maximum absolute atomic E-state index is 11.2. The summed E-state index contributed by atoms with van der Waals surface area (Å²) in [6, 6.07) is 3.31. The van der Waals surface area contributed by atoms with Gasteiger partial charge in [-0.05, 0) is 36.3 Å². The van der Waals surface area contributed by atoms with Crippen LogP contribution >= 0.6 is 0 Å². The predicted molar refractivity (Wildman–Crippen MR) is 84.9 cm³/mol. The van der Waals surface area contributed by atoms with Gasteiger partial charge in [-0.15, -0.1) is 0 Å². The quantitative estimate of drug-likeness (QED) is 0.855. The molecule has 1 aliphatic carbocycles. The van der Waals surface area contributed by atoms with E-state index < -0.39 is 5.97 Å². The molecule has 0 amide bonds.